The van der Waals surface area contributed by atoms with E-state index in [1.807, 2.05) is 31.4 Å². The molecule has 5 N–H and O–H groups in total. The molecule has 0 saturated carbocycles. The zero-order valence-corrected chi connectivity index (χ0v) is 20.1. The summed E-state index contributed by atoms with van der Waals surface area (Å²) in [6.07, 6.45) is 7.57. The minimum Gasteiger partial charge on any atom is -0.315 e. The van der Waals surface area contributed by atoms with Crippen molar-refractivity contribution in [2.75, 3.05) is 19.6 Å². The third-order valence-electron chi connectivity index (χ3n) is 7.14. The summed E-state index contributed by atoms with van der Waals surface area (Å²) in [6, 6.07) is -0.244. The lowest BCUT2D eigenvalue weighted by atomic mass is 9.87. The molecule has 2 saturated heterocycles. The van der Waals surface area contributed by atoms with Gasteiger partial charge >= 0.3 is 5.91 Å². The highest BCUT2D eigenvalue weighted by Crippen LogP contribution is 2.36. The van der Waals surface area contributed by atoms with E-state index in [1.54, 1.807) is 0 Å². The molecule has 32 heavy (non-hydrogen) atoms. The Morgan fingerprint density at radius 2 is 2.19 bits per heavy atom. The number of rotatable bonds is 8. The molecule has 180 valence electrons. The Morgan fingerprint density at radius 3 is 2.84 bits per heavy atom. The van der Waals surface area contributed by atoms with Gasteiger partial charge in [0.05, 0.1) is 30.3 Å². The molecule has 3 rings (SSSR count). The van der Waals surface area contributed by atoms with Crippen LogP contribution in [0.5, 0.6) is 0 Å². The molecule has 0 radical (unpaired) electrons. The predicted octanol–water partition coefficient (Wildman–Crippen LogP) is 1.60. The molecular weight excluding hydrogens is 407 g/mol. The van der Waals surface area contributed by atoms with Gasteiger partial charge in [-0.2, -0.15) is 4.58 Å². The summed E-state index contributed by atoms with van der Waals surface area (Å²) in [5.74, 6) is -0.873. The van der Waals surface area contributed by atoms with E-state index >= 15 is 0 Å². The number of piperidine rings is 1. The van der Waals surface area contributed by atoms with Crippen molar-refractivity contribution in [2.24, 2.45) is 22.4 Å². The van der Waals surface area contributed by atoms with Gasteiger partial charge in [-0.05, 0) is 59.5 Å². The first-order chi connectivity index (χ1) is 15.2. The maximum absolute atomic E-state index is 14.2. The Kier molecular flexibility index (Phi) is 8.36. The van der Waals surface area contributed by atoms with Crippen LogP contribution in [0.15, 0.2) is 16.6 Å². The molecule has 0 spiro atoms. The molecule has 3 aliphatic heterocycles. The van der Waals surface area contributed by atoms with Crippen molar-refractivity contribution in [1.82, 2.24) is 10.2 Å². The Hall–Kier alpha value is -1.48. The van der Waals surface area contributed by atoms with E-state index < -0.39 is 24.3 Å². The number of alkyl halides is 1. The quantitative estimate of drug-likeness (QED) is 0.226. The highest BCUT2D eigenvalue weighted by atomic mass is 19.1. The van der Waals surface area contributed by atoms with E-state index in [-0.39, 0.29) is 17.5 Å². The number of carbonyl (C=O) groups is 1. The number of amides is 1. The Morgan fingerprint density at radius 1 is 1.44 bits per heavy atom. The number of aliphatic imine (C=N–C) groups is 1. The zero-order valence-electron chi connectivity index (χ0n) is 20.1. The van der Waals surface area contributed by atoms with Crippen LogP contribution < -0.4 is 16.8 Å². The van der Waals surface area contributed by atoms with Gasteiger partial charge in [0.15, 0.2) is 12.3 Å². The largest absolute Gasteiger partial charge is 0.395 e. The van der Waals surface area contributed by atoms with Crippen LogP contribution in [0.4, 0.5) is 4.39 Å². The van der Waals surface area contributed by atoms with Crippen molar-refractivity contribution in [1.29, 1.82) is 0 Å². The van der Waals surface area contributed by atoms with Crippen LogP contribution in [0, 0.1) is 5.92 Å². The molecular formula is C24H42FN6O+. The fourth-order valence-electron chi connectivity index (χ4n) is 5.62. The lowest BCUT2D eigenvalue weighted by Crippen LogP contribution is -2.68. The van der Waals surface area contributed by atoms with Gasteiger partial charge in [0, 0.05) is 6.21 Å². The lowest BCUT2D eigenvalue weighted by molar-refractivity contribution is -0.508. The predicted molar refractivity (Wildman–Crippen MR) is 128 cm³/mol. The number of hydrogen-bond donors (Lipinski definition) is 3. The maximum Gasteiger partial charge on any atom is 0.395 e. The molecule has 0 bridgehead atoms. The Bertz CT molecular complexity index is 762. The minimum atomic E-state index is -1.14. The first-order valence-corrected chi connectivity index (χ1v) is 12.2. The van der Waals surface area contributed by atoms with Gasteiger partial charge in [-0.15, -0.1) is 0 Å². The van der Waals surface area contributed by atoms with Crippen LogP contribution in [-0.2, 0) is 4.79 Å². The van der Waals surface area contributed by atoms with E-state index in [0.717, 1.165) is 50.9 Å². The number of nitrogens with zero attached hydrogens (tertiary/aromatic N) is 3. The third-order valence-corrected chi connectivity index (χ3v) is 7.14. The summed E-state index contributed by atoms with van der Waals surface area (Å²) in [4.78, 5) is 21.1. The Balaban J connectivity index is 1.97. The van der Waals surface area contributed by atoms with Gasteiger partial charge in [-0.3, -0.25) is 9.89 Å². The van der Waals surface area contributed by atoms with E-state index in [0.29, 0.717) is 12.5 Å². The van der Waals surface area contributed by atoms with Crippen molar-refractivity contribution in [3.05, 3.63) is 11.6 Å². The van der Waals surface area contributed by atoms with Crippen molar-refractivity contribution >= 4 is 18.3 Å². The SMILES string of the molecule is CCCC(F)C=NC(C=C(C)C)C(C(=O)[N+]1=CC2(C)CCCN2C2CCNCC21)C(N)N. The highest BCUT2D eigenvalue weighted by molar-refractivity contribution is 5.80. The zero-order chi connectivity index (χ0) is 23.5. The average molecular weight is 450 g/mol. The number of carbonyl (C=O) groups excluding carboxylic acids is 1. The summed E-state index contributed by atoms with van der Waals surface area (Å²) in [5, 5.41) is 3.45. The van der Waals surface area contributed by atoms with E-state index in [2.05, 4.69) is 28.3 Å². The molecule has 0 aromatic carbocycles. The molecule has 3 aliphatic rings. The molecule has 0 aliphatic carbocycles. The summed E-state index contributed by atoms with van der Waals surface area (Å²) >= 11 is 0. The third kappa shape index (κ3) is 5.35. The fraction of sp³-hybridized carbons (Fsp3) is 0.792. The summed E-state index contributed by atoms with van der Waals surface area (Å²) in [5.41, 5.74) is 13.2. The van der Waals surface area contributed by atoms with Gasteiger partial charge in [-0.1, -0.05) is 25.0 Å². The lowest BCUT2D eigenvalue weighted by Gasteiger charge is -2.45. The average Bonchev–Trinajstić information content (AvgIpc) is 3.12. The van der Waals surface area contributed by atoms with Gasteiger partial charge in [0.1, 0.15) is 12.1 Å². The maximum atomic E-state index is 14.2. The summed E-state index contributed by atoms with van der Waals surface area (Å²) in [7, 11) is 0. The molecule has 3 heterocycles. The summed E-state index contributed by atoms with van der Waals surface area (Å²) in [6.45, 7) is 10.8. The highest BCUT2D eigenvalue weighted by Gasteiger charge is 2.55. The molecule has 7 nitrogen and oxygen atoms in total. The minimum absolute atomic E-state index is 0.0361. The number of hydrogen-bond acceptors (Lipinski definition) is 6. The van der Waals surface area contributed by atoms with Gasteiger partial charge in [0.25, 0.3) is 0 Å². The van der Waals surface area contributed by atoms with Crippen molar-refractivity contribution in [3.8, 4) is 0 Å². The van der Waals surface area contributed by atoms with Crippen LogP contribution >= 0.6 is 0 Å². The molecule has 8 heteroatoms. The monoisotopic (exact) mass is 449 g/mol. The number of fused-ring (bicyclic) bond motifs is 3. The first kappa shape index (κ1) is 25.1. The number of nitrogens with one attached hydrogen (secondary N) is 1. The Labute approximate surface area is 192 Å². The van der Waals surface area contributed by atoms with Gasteiger partial charge < -0.3 is 16.8 Å². The standard InChI is InChI=1S/C24H42FN6O/c1-5-7-17(25)13-29-18(12-16(2)3)21(22(26)27)23(32)30-15-24(4)9-6-11-31(24)19-8-10-28-14-20(19)30/h12-13,15,17-22,28H,5-11,14,26-27H2,1-4H3/q+1. The second-order valence-corrected chi connectivity index (χ2v) is 10.1. The van der Waals surface area contributed by atoms with Crippen molar-refractivity contribution < 1.29 is 13.8 Å². The number of allylic oxidation sites excluding steroid dienone is 1. The normalized spacial score (nSPS) is 31.1. The second-order valence-electron chi connectivity index (χ2n) is 10.1. The number of nitrogens with two attached hydrogens (primary N) is 2. The van der Waals surface area contributed by atoms with Crippen molar-refractivity contribution in [2.45, 2.75) is 95.8 Å². The molecule has 0 aromatic rings. The van der Waals surface area contributed by atoms with Crippen LogP contribution in [0.25, 0.3) is 0 Å². The van der Waals surface area contributed by atoms with Gasteiger partial charge in [0.2, 0.25) is 0 Å². The fourth-order valence-corrected chi connectivity index (χ4v) is 5.62. The van der Waals surface area contributed by atoms with Crippen LogP contribution in [0.2, 0.25) is 0 Å². The number of halogens is 1. The second kappa shape index (κ2) is 10.6. The van der Waals surface area contributed by atoms with E-state index in [1.165, 1.54) is 6.21 Å². The van der Waals surface area contributed by atoms with Crippen LogP contribution in [-0.4, -0.2) is 83.4 Å². The topological polar surface area (TPSA) is 99.8 Å². The van der Waals surface area contributed by atoms with Crippen molar-refractivity contribution in [3.63, 3.8) is 0 Å². The van der Waals surface area contributed by atoms with Gasteiger partial charge in [-0.25, -0.2) is 9.18 Å². The molecule has 1 amide bonds. The van der Waals surface area contributed by atoms with Crippen LogP contribution in [0.3, 0.4) is 0 Å². The first-order valence-electron chi connectivity index (χ1n) is 12.2. The summed E-state index contributed by atoms with van der Waals surface area (Å²) < 4.78 is 16.1. The van der Waals surface area contributed by atoms with Crippen LogP contribution in [0.1, 0.15) is 59.8 Å². The van der Waals surface area contributed by atoms with E-state index in [4.69, 9.17) is 11.5 Å². The molecule has 2 fully saturated rings. The van der Waals surface area contributed by atoms with E-state index in [9.17, 15) is 9.18 Å². The molecule has 6 unspecified atom stereocenters. The molecule has 6 atom stereocenters. The molecule has 0 aromatic heterocycles. The smallest absolute Gasteiger partial charge is 0.315 e.